The Morgan fingerprint density at radius 3 is 2.86 bits per heavy atom. The number of rotatable bonds is 5. The fourth-order valence-electron chi connectivity index (χ4n) is 2.68. The number of piperidine rings is 1. The third-order valence-electron chi connectivity index (χ3n) is 3.81. The highest BCUT2D eigenvalue weighted by Crippen LogP contribution is 2.17. The number of hydrogen-bond donors (Lipinski definition) is 1. The molecule has 0 amide bonds. The molecule has 7 heteroatoms. The molecule has 0 aromatic carbocycles. The van der Waals surface area contributed by atoms with Gasteiger partial charge in [0.1, 0.15) is 0 Å². The Morgan fingerprint density at radius 1 is 1.43 bits per heavy atom. The number of pyridine rings is 1. The van der Waals surface area contributed by atoms with Crippen LogP contribution >= 0.6 is 0 Å². The van der Waals surface area contributed by atoms with Crippen molar-refractivity contribution in [2.45, 2.75) is 19.4 Å². The highest BCUT2D eigenvalue weighted by Gasteiger charge is 2.20. The van der Waals surface area contributed by atoms with E-state index in [4.69, 9.17) is 0 Å². The molecule has 1 saturated heterocycles. The first-order chi connectivity index (χ1) is 9.83. The Morgan fingerprint density at radius 2 is 2.19 bits per heavy atom. The van der Waals surface area contributed by atoms with E-state index in [1.54, 1.807) is 23.9 Å². The molecular formula is C14H23N3O3S. The van der Waals surface area contributed by atoms with Crippen molar-refractivity contribution in [2.24, 2.45) is 13.0 Å². The van der Waals surface area contributed by atoms with Crippen LogP contribution in [-0.2, 0) is 23.6 Å². The van der Waals surface area contributed by atoms with Gasteiger partial charge in [-0.3, -0.25) is 9.69 Å². The summed E-state index contributed by atoms with van der Waals surface area (Å²) >= 11 is 0. The Kier molecular flexibility index (Phi) is 5.18. The number of aryl methyl sites for hydroxylation is 1. The van der Waals surface area contributed by atoms with Crippen molar-refractivity contribution in [1.82, 2.24) is 14.2 Å². The molecule has 1 aliphatic heterocycles. The van der Waals surface area contributed by atoms with Gasteiger partial charge >= 0.3 is 0 Å². The summed E-state index contributed by atoms with van der Waals surface area (Å²) in [5.41, 5.74) is 1.01. The summed E-state index contributed by atoms with van der Waals surface area (Å²) in [6, 6.07) is 3.62. The molecule has 1 aliphatic rings. The molecule has 1 N–H and O–H groups in total. The van der Waals surface area contributed by atoms with Crippen molar-refractivity contribution >= 4 is 10.0 Å². The first-order valence-corrected chi connectivity index (χ1v) is 9.05. The second-order valence-electron chi connectivity index (χ2n) is 5.85. The Balaban J connectivity index is 1.91. The third-order valence-corrected chi connectivity index (χ3v) is 4.50. The van der Waals surface area contributed by atoms with Crippen LogP contribution in [0.4, 0.5) is 0 Å². The van der Waals surface area contributed by atoms with Gasteiger partial charge in [-0.1, -0.05) is 0 Å². The van der Waals surface area contributed by atoms with Gasteiger partial charge in [0.15, 0.2) is 0 Å². The minimum Gasteiger partial charge on any atom is -0.319 e. The van der Waals surface area contributed by atoms with E-state index in [1.807, 2.05) is 6.07 Å². The maximum Gasteiger partial charge on any atom is 0.250 e. The number of hydrogen-bond acceptors (Lipinski definition) is 4. The molecule has 0 radical (unpaired) electrons. The van der Waals surface area contributed by atoms with Crippen molar-refractivity contribution < 1.29 is 8.42 Å². The van der Waals surface area contributed by atoms with E-state index in [0.717, 1.165) is 38.0 Å². The monoisotopic (exact) mass is 313 g/mol. The van der Waals surface area contributed by atoms with Gasteiger partial charge in [0.25, 0.3) is 5.56 Å². The van der Waals surface area contributed by atoms with Crippen LogP contribution in [0.1, 0.15) is 18.4 Å². The Hall–Kier alpha value is -1.18. The maximum absolute atomic E-state index is 11.6. The van der Waals surface area contributed by atoms with Gasteiger partial charge in [-0.05, 0) is 36.9 Å². The molecule has 0 saturated carbocycles. The molecule has 1 aromatic heterocycles. The number of aromatic nitrogens is 1. The average molecular weight is 313 g/mol. The van der Waals surface area contributed by atoms with Crippen LogP contribution in [-0.4, -0.2) is 43.8 Å². The summed E-state index contributed by atoms with van der Waals surface area (Å²) < 4.78 is 26.4. The molecule has 21 heavy (non-hydrogen) atoms. The number of likely N-dealkylation sites (tertiary alicyclic amines) is 1. The fraction of sp³-hybridized carbons (Fsp3) is 0.643. The van der Waals surface area contributed by atoms with Crippen LogP contribution in [0.25, 0.3) is 0 Å². The topological polar surface area (TPSA) is 71.4 Å². The van der Waals surface area contributed by atoms with Gasteiger partial charge in [-0.2, -0.15) is 0 Å². The van der Waals surface area contributed by atoms with E-state index in [0.29, 0.717) is 12.5 Å². The third kappa shape index (κ3) is 5.26. The molecule has 2 rings (SSSR count). The lowest BCUT2D eigenvalue weighted by atomic mass is 9.98. The van der Waals surface area contributed by atoms with Crippen molar-refractivity contribution in [3.05, 3.63) is 34.2 Å². The normalized spacial score (nSPS) is 20.6. The number of nitrogens with zero attached hydrogens (tertiary/aromatic N) is 2. The Bertz CT molecular complexity index is 639. The molecule has 1 aromatic rings. The molecule has 118 valence electrons. The molecular weight excluding hydrogens is 290 g/mol. The van der Waals surface area contributed by atoms with Crippen molar-refractivity contribution in [1.29, 1.82) is 0 Å². The van der Waals surface area contributed by atoms with Crippen LogP contribution in [0, 0.1) is 5.92 Å². The second kappa shape index (κ2) is 6.72. The van der Waals surface area contributed by atoms with Crippen LogP contribution in [0.5, 0.6) is 0 Å². The second-order valence-corrected chi connectivity index (χ2v) is 7.68. The minimum absolute atomic E-state index is 0.000183. The van der Waals surface area contributed by atoms with Crippen LogP contribution in [0.3, 0.4) is 0 Å². The van der Waals surface area contributed by atoms with E-state index in [-0.39, 0.29) is 5.56 Å². The van der Waals surface area contributed by atoms with E-state index in [1.165, 1.54) is 6.26 Å². The highest BCUT2D eigenvalue weighted by molar-refractivity contribution is 7.88. The largest absolute Gasteiger partial charge is 0.319 e. The zero-order valence-corrected chi connectivity index (χ0v) is 13.4. The van der Waals surface area contributed by atoms with Gasteiger partial charge in [0.05, 0.1) is 6.26 Å². The zero-order valence-electron chi connectivity index (χ0n) is 12.6. The van der Waals surface area contributed by atoms with Gasteiger partial charge in [-0.15, -0.1) is 0 Å². The molecule has 1 fully saturated rings. The molecule has 0 bridgehead atoms. The zero-order chi connectivity index (χ0) is 15.5. The highest BCUT2D eigenvalue weighted by atomic mass is 32.2. The lowest BCUT2D eigenvalue weighted by Crippen LogP contribution is -2.40. The first-order valence-electron chi connectivity index (χ1n) is 7.16. The summed E-state index contributed by atoms with van der Waals surface area (Å²) in [6.45, 7) is 3.08. The van der Waals surface area contributed by atoms with Gasteiger partial charge in [0.2, 0.25) is 10.0 Å². The van der Waals surface area contributed by atoms with E-state index < -0.39 is 10.0 Å². The number of sulfonamides is 1. The van der Waals surface area contributed by atoms with Crippen LogP contribution < -0.4 is 10.3 Å². The molecule has 0 aliphatic carbocycles. The van der Waals surface area contributed by atoms with Crippen LogP contribution in [0.2, 0.25) is 0 Å². The fourth-order valence-corrected chi connectivity index (χ4v) is 3.22. The summed E-state index contributed by atoms with van der Waals surface area (Å²) in [7, 11) is -1.39. The maximum atomic E-state index is 11.6. The lowest BCUT2D eigenvalue weighted by molar-refractivity contribution is 0.169. The number of nitrogens with one attached hydrogen (secondary N) is 1. The summed E-state index contributed by atoms with van der Waals surface area (Å²) in [5, 5.41) is 0. The van der Waals surface area contributed by atoms with Crippen molar-refractivity contribution in [3.8, 4) is 0 Å². The molecule has 1 unspecified atom stereocenters. The SMILES string of the molecule is Cn1ccc(CN2CCCC(CNS(C)(=O)=O)C2)cc1=O. The van der Waals surface area contributed by atoms with E-state index >= 15 is 0 Å². The van der Waals surface area contributed by atoms with Crippen molar-refractivity contribution in [3.63, 3.8) is 0 Å². The molecule has 6 nitrogen and oxygen atoms in total. The van der Waals surface area contributed by atoms with E-state index in [9.17, 15) is 13.2 Å². The molecule has 2 heterocycles. The first kappa shape index (κ1) is 16.2. The Labute approximate surface area is 125 Å². The van der Waals surface area contributed by atoms with Crippen molar-refractivity contribution in [2.75, 3.05) is 25.9 Å². The summed E-state index contributed by atoms with van der Waals surface area (Å²) in [4.78, 5) is 13.9. The smallest absolute Gasteiger partial charge is 0.250 e. The quantitative estimate of drug-likeness (QED) is 0.840. The predicted molar refractivity (Wildman–Crippen MR) is 82.5 cm³/mol. The standard InChI is InChI=1S/C14H23N3O3S/c1-16-7-5-12(8-14(16)18)10-17-6-3-4-13(11-17)9-15-21(2,19)20/h5,7-8,13,15H,3-4,6,9-11H2,1-2H3. The average Bonchev–Trinajstić information content (AvgIpc) is 2.40. The summed E-state index contributed by atoms with van der Waals surface area (Å²) in [6.07, 6.45) is 5.06. The van der Waals surface area contributed by atoms with Gasteiger partial charge < -0.3 is 4.57 Å². The van der Waals surface area contributed by atoms with Crippen LogP contribution in [0.15, 0.2) is 23.1 Å². The predicted octanol–water partition coefficient (Wildman–Crippen LogP) is 0.147. The van der Waals surface area contributed by atoms with Gasteiger partial charge in [-0.25, -0.2) is 13.1 Å². The minimum atomic E-state index is -3.12. The molecule has 1 atom stereocenters. The summed E-state index contributed by atoms with van der Waals surface area (Å²) in [5.74, 6) is 0.333. The van der Waals surface area contributed by atoms with E-state index in [2.05, 4.69) is 9.62 Å². The lowest BCUT2D eigenvalue weighted by Gasteiger charge is -2.32. The van der Waals surface area contributed by atoms with Gasteiger partial charge in [0, 0.05) is 38.9 Å². The molecule has 0 spiro atoms.